The number of ketones is 1. The molecule has 0 spiro atoms. The third-order valence-electron chi connectivity index (χ3n) is 4.57. The summed E-state index contributed by atoms with van der Waals surface area (Å²) in [6.07, 6.45) is 4.38. The van der Waals surface area contributed by atoms with Crippen molar-refractivity contribution in [2.24, 2.45) is 0 Å². The van der Waals surface area contributed by atoms with Gasteiger partial charge in [-0.15, -0.1) is 11.3 Å². The van der Waals surface area contributed by atoms with Crippen LogP contribution in [0.4, 0.5) is 0 Å². The zero-order valence-electron chi connectivity index (χ0n) is 11.5. The predicted octanol–water partition coefficient (Wildman–Crippen LogP) is 2.88. The third-order valence-corrected chi connectivity index (χ3v) is 5.42. The molecule has 0 atom stereocenters. The quantitative estimate of drug-likeness (QED) is 0.797. The number of hydrogen-bond acceptors (Lipinski definition) is 4. The van der Waals surface area contributed by atoms with E-state index in [9.17, 15) is 4.79 Å². The highest BCUT2D eigenvalue weighted by molar-refractivity contribution is 7.10. The summed E-state index contributed by atoms with van der Waals surface area (Å²) in [5, 5.41) is 2.03. The van der Waals surface area contributed by atoms with Crippen LogP contribution in [0.15, 0.2) is 11.4 Å². The molecule has 2 aliphatic rings. The average molecular weight is 279 g/mol. The van der Waals surface area contributed by atoms with E-state index in [1.165, 1.54) is 12.8 Å². The molecule has 0 aromatic carbocycles. The molecule has 1 aromatic rings. The Bertz CT molecular complexity index is 456. The van der Waals surface area contributed by atoms with Crippen molar-refractivity contribution in [2.45, 2.75) is 38.1 Å². The molecule has 1 saturated heterocycles. The Morgan fingerprint density at radius 1 is 1.32 bits per heavy atom. The van der Waals surface area contributed by atoms with E-state index < -0.39 is 0 Å². The minimum atomic E-state index is -0.240. The van der Waals surface area contributed by atoms with E-state index in [0.717, 1.165) is 49.6 Å². The molecular formula is C15H21NO2S. The van der Waals surface area contributed by atoms with Crippen molar-refractivity contribution in [3.8, 4) is 0 Å². The van der Waals surface area contributed by atoms with Gasteiger partial charge in [-0.3, -0.25) is 9.69 Å². The maximum atomic E-state index is 13.1. The van der Waals surface area contributed by atoms with Crippen LogP contribution in [-0.4, -0.2) is 42.5 Å². The second kappa shape index (κ2) is 5.35. The molecule has 104 valence electrons. The summed E-state index contributed by atoms with van der Waals surface area (Å²) in [7, 11) is 0. The van der Waals surface area contributed by atoms with Crippen molar-refractivity contribution in [3.63, 3.8) is 0 Å². The lowest BCUT2D eigenvalue weighted by atomic mass is 9.85. The number of morpholine rings is 1. The van der Waals surface area contributed by atoms with Gasteiger partial charge in [0.15, 0.2) is 5.78 Å². The normalized spacial score (nSPS) is 23.6. The van der Waals surface area contributed by atoms with Crippen molar-refractivity contribution in [1.82, 2.24) is 4.90 Å². The first-order chi connectivity index (χ1) is 9.24. The highest BCUT2D eigenvalue weighted by atomic mass is 32.1. The maximum absolute atomic E-state index is 13.1. The minimum Gasteiger partial charge on any atom is -0.379 e. The molecule has 19 heavy (non-hydrogen) atoms. The Labute approximate surface area is 118 Å². The number of Topliss-reactive ketones (excluding diaryl/α,β-unsaturated/α-hetero) is 1. The lowest BCUT2D eigenvalue weighted by Gasteiger charge is -2.42. The fourth-order valence-electron chi connectivity index (χ4n) is 3.51. The van der Waals surface area contributed by atoms with Crippen molar-refractivity contribution in [3.05, 3.63) is 21.9 Å². The maximum Gasteiger partial charge on any atom is 0.184 e. The summed E-state index contributed by atoms with van der Waals surface area (Å²) in [5.41, 5.74) is 0.702. The molecule has 2 fully saturated rings. The molecule has 0 radical (unpaired) electrons. The summed E-state index contributed by atoms with van der Waals surface area (Å²) in [4.78, 5) is 16.6. The van der Waals surface area contributed by atoms with E-state index in [2.05, 4.69) is 11.8 Å². The van der Waals surface area contributed by atoms with Crippen LogP contribution in [-0.2, 0) is 4.74 Å². The number of carbonyl (C=O) groups is 1. The fraction of sp³-hybridized carbons (Fsp3) is 0.667. The molecule has 1 aliphatic heterocycles. The van der Waals surface area contributed by atoms with Crippen LogP contribution in [0.1, 0.15) is 40.9 Å². The zero-order chi connectivity index (χ0) is 13.3. The molecule has 3 rings (SSSR count). The zero-order valence-corrected chi connectivity index (χ0v) is 12.3. The summed E-state index contributed by atoms with van der Waals surface area (Å²) in [6, 6.07) is 2.00. The van der Waals surface area contributed by atoms with Gasteiger partial charge in [-0.25, -0.2) is 0 Å². The third kappa shape index (κ3) is 2.26. The van der Waals surface area contributed by atoms with E-state index in [0.29, 0.717) is 5.78 Å². The molecule has 1 saturated carbocycles. The number of hydrogen-bond donors (Lipinski definition) is 0. The number of ether oxygens (including phenoxy) is 1. The van der Waals surface area contributed by atoms with E-state index in [-0.39, 0.29) is 5.54 Å². The SMILES string of the molecule is Cc1sccc1C(=O)C1(N2CCOCC2)CCCC1. The van der Waals surface area contributed by atoms with E-state index in [1.54, 1.807) is 11.3 Å². The Balaban J connectivity index is 1.91. The molecule has 0 unspecified atom stereocenters. The Morgan fingerprint density at radius 2 is 2.00 bits per heavy atom. The summed E-state index contributed by atoms with van der Waals surface area (Å²) in [5.74, 6) is 0.352. The standard InChI is InChI=1S/C15H21NO2S/c1-12-13(4-11-19-12)14(17)15(5-2-3-6-15)16-7-9-18-10-8-16/h4,11H,2-3,5-10H2,1H3. The Hall–Kier alpha value is -0.710. The predicted molar refractivity (Wildman–Crippen MR) is 77.0 cm³/mol. The van der Waals surface area contributed by atoms with Gasteiger partial charge in [0.05, 0.1) is 18.8 Å². The van der Waals surface area contributed by atoms with Crippen molar-refractivity contribution in [2.75, 3.05) is 26.3 Å². The Morgan fingerprint density at radius 3 is 2.58 bits per heavy atom. The van der Waals surface area contributed by atoms with E-state index in [4.69, 9.17) is 4.74 Å². The van der Waals surface area contributed by atoms with Gasteiger partial charge in [0.25, 0.3) is 0 Å². The molecule has 3 nitrogen and oxygen atoms in total. The Kier molecular flexibility index (Phi) is 3.74. The lowest BCUT2D eigenvalue weighted by Crippen LogP contribution is -2.56. The van der Waals surface area contributed by atoms with Gasteiger partial charge in [0, 0.05) is 23.5 Å². The smallest absolute Gasteiger partial charge is 0.184 e. The van der Waals surface area contributed by atoms with Gasteiger partial charge in [0.1, 0.15) is 0 Å². The highest BCUT2D eigenvalue weighted by Gasteiger charge is 2.46. The van der Waals surface area contributed by atoms with Gasteiger partial charge in [-0.05, 0) is 31.2 Å². The van der Waals surface area contributed by atoms with Gasteiger partial charge in [-0.1, -0.05) is 12.8 Å². The molecule has 0 N–H and O–H groups in total. The lowest BCUT2D eigenvalue weighted by molar-refractivity contribution is -0.0130. The first-order valence-corrected chi connectivity index (χ1v) is 8.04. The molecule has 4 heteroatoms. The average Bonchev–Trinajstić information content (AvgIpc) is 3.08. The van der Waals surface area contributed by atoms with Crippen LogP contribution in [0.25, 0.3) is 0 Å². The van der Waals surface area contributed by atoms with Gasteiger partial charge in [-0.2, -0.15) is 0 Å². The number of thiophene rings is 1. The highest BCUT2D eigenvalue weighted by Crippen LogP contribution is 2.39. The van der Waals surface area contributed by atoms with Crippen LogP contribution in [0.5, 0.6) is 0 Å². The number of aryl methyl sites for hydroxylation is 1. The first kappa shape index (κ1) is 13.3. The molecular weight excluding hydrogens is 258 g/mol. The molecule has 0 amide bonds. The van der Waals surface area contributed by atoms with Crippen LogP contribution < -0.4 is 0 Å². The van der Waals surface area contributed by atoms with Crippen molar-refractivity contribution < 1.29 is 9.53 Å². The summed E-state index contributed by atoms with van der Waals surface area (Å²) >= 11 is 1.67. The number of nitrogens with zero attached hydrogens (tertiary/aromatic N) is 1. The van der Waals surface area contributed by atoms with Crippen LogP contribution in [0, 0.1) is 6.92 Å². The topological polar surface area (TPSA) is 29.5 Å². The molecule has 0 bridgehead atoms. The summed E-state index contributed by atoms with van der Waals surface area (Å²) in [6.45, 7) is 5.37. The second-order valence-electron chi connectivity index (χ2n) is 5.56. The van der Waals surface area contributed by atoms with Crippen LogP contribution in [0.2, 0.25) is 0 Å². The molecule has 2 heterocycles. The second-order valence-corrected chi connectivity index (χ2v) is 6.68. The first-order valence-electron chi connectivity index (χ1n) is 7.16. The van der Waals surface area contributed by atoms with Crippen LogP contribution >= 0.6 is 11.3 Å². The number of rotatable bonds is 3. The molecule has 1 aromatic heterocycles. The minimum absolute atomic E-state index is 0.240. The van der Waals surface area contributed by atoms with Crippen molar-refractivity contribution >= 4 is 17.1 Å². The molecule has 1 aliphatic carbocycles. The fourth-order valence-corrected chi connectivity index (χ4v) is 4.21. The van der Waals surface area contributed by atoms with Gasteiger partial charge >= 0.3 is 0 Å². The summed E-state index contributed by atoms with van der Waals surface area (Å²) < 4.78 is 5.45. The van der Waals surface area contributed by atoms with E-state index in [1.807, 2.05) is 11.4 Å². The van der Waals surface area contributed by atoms with Crippen molar-refractivity contribution in [1.29, 1.82) is 0 Å². The van der Waals surface area contributed by atoms with E-state index >= 15 is 0 Å². The van der Waals surface area contributed by atoms with Crippen LogP contribution in [0.3, 0.4) is 0 Å². The van der Waals surface area contributed by atoms with Gasteiger partial charge < -0.3 is 4.74 Å². The van der Waals surface area contributed by atoms with Gasteiger partial charge in [0.2, 0.25) is 0 Å². The largest absolute Gasteiger partial charge is 0.379 e. The monoisotopic (exact) mass is 279 g/mol. The number of carbonyl (C=O) groups excluding carboxylic acids is 1.